The monoisotopic (exact) mass is 407 g/mol. The predicted molar refractivity (Wildman–Crippen MR) is 106 cm³/mol. The van der Waals surface area contributed by atoms with Crippen LogP contribution >= 0.6 is 22.9 Å². The van der Waals surface area contributed by atoms with Crippen LogP contribution in [0.2, 0.25) is 4.47 Å². The molecule has 0 unspecified atom stereocenters. The summed E-state index contributed by atoms with van der Waals surface area (Å²) < 4.78 is 27.3. The van der Waals surface area contributed by atoms with Crippen molar-refractivity contribution in [2.75, 3.05) is 12.4 Å². The normalized spacial score (nSPS) is 11.7. The molecule has 5 nitrogen and oxygen atoms in total. The average Bonchev–Trinajstić information content (AvgIpc) is 3.06. The zero-order valence-corrected chi connectivity index (χ0v) is 16.5. The summed E-state index contributed by atoms with van der Waals surface area (Å²) in [5, 5.41) is 3.23. The number of aromatic nitrogens is 1. The molecule has 26 heavy (non-hydrogen) atoms. The first-order valence-electron chi connectivity index (χ1n) is 7.89. The third-order valence-corrected chi connectivity index (χ3v) is 6.74. The molecule has 0 amide bonds. The Morgan fingerprint density at radius 1 is 1.12 bits per heavy atom. The van der Waals surface area contributed by atoms with Gasteiger partial charge in [-0.25, -0.2) is 13.4 Å². The minimum atomic E-state index is -3.54. The van der Waals surface area contributed by atoms with Gasteiger partial charge in [0.15, 0.2) is 4.47 Å². The Balaban J connectivity index is 1.66. The molecule has 0 radical (unpaired) electrons. The Bertz CT molecular complexity index is 958. The molecule has 1 N–H and O–H groups in total. The van der Waals surface area contributed by atoms with Crippen molar-refractivity contribution in [3.8, 4) is 0 Å². The largest absolute Gasteiger partial charge is 0.380 e. The molecule has 136 valence electrons. The second-order valence-electron chi connectivity index (χ2n) is 5.70. The van der Waals surface area contributed by atoms with E-state index in [1.807, 2.05) is 30.3 Å². The summed E-state index contributed by atoms with van der Waals surface area (Å²) in [7, 11) is -1.95. The van der Waals surface area contributed by atoms with Crippen molar-refractivity contribution in [2.24, 2.45) is 0 Å². The van der Waals surface area contributed by atoms with E-state index < -0.39 is 10.0 Å². The third kappa shape index (κ3) is 4.62. The van der Waals surface area contributed by atoms with Crippen LogP contribution in [0.5, 0.6) is 0 Å². The summed E-state index contributed by atoms with van der Waals surface area (Å²) in [5.74, 6) is 0. The van der Waals surface area contributed by atoms with Gasteiger partial charge in [-0.2, -0.15) is 4.31 Å². The molecule has 8 heteroatoms. The molecule has 1 heterocycles. The van der Waals surface area contributed by atoms with Crippen LogP contribution in [0.25, 0.3) is 0 Å². The average molecular weight is 408 g/mol. The van der Waals surface area contributed by atoms with Gasteiger partial charge >= 0.3 is 0 Å². The van der Waals surface area contributed by atoms with Crippen LogP contribution in [0, 0.1) is 0 Å². The highest BCUT2D eigenvalue weighted by Crippen LogP contribution is 2.21. The maximum atomic E-state index is 12.7. The number of rotatable bonds is 7. The van der Waals surface area contributed by atoms with Crippen LogP contribution in [0.4, 0.5) is 5.69 Å². The number of thiazole rings is 1. The second kappa shape index (κ2) is 8.18. The Kier molecular flexibility index (Phi) is 5.93. The lowest BCUT2D eigenvalue weighted by molar-refractivity contribution is 0.467. The first kappa shape index (κ1) is 18.8. The highest BCUT2D eigenvalue weighted by atomic mass is 35.5. The predicted octanol–water partition coefficient (Wildman–Crippen LogP) is 4.23. The van der Waals surface area contributed by atoms with Crippen molar-refractivity contribution in [3.63, 3.8) is 0 Å². The Morgan fingerprint density at radius 3 is 2.42 bits per heavy atom. The van der Waals surface area contributed by atoms with Gasteiger partial charge < -0.3 is 5.32 Å². The van der Waals surface area contributed by atoms with Gasteiger partial charge in [0.2, 0.25) is 10.0 Å². The highest BCUT2D eigenvalue weighted by Gasteiger charge is 2.20. The molecule has 3 aromatic rings. The Hall–Kier alpha value is -1.93. The van der Waals surface area contributed by atoms with E-state index in [0.29, 0.717) is 17.6 Å². The van der Waals surface area contributed by atoms with Gasteiger partial charge in [0, 0.05) is 30.4 Å². The fraction of sp³-hybridized carbons (Fsp3) is 0.167. The molecule has 0 aliphatic heterocycles. The van der Waals surface area contributed by atoms with Crippen LogP contribution in [0.1, 0.15) is 10.4 Å². The molecule has 0 spiro atoms. The van der Waals surface area contributed by atoms with E-state index in [1.54, 1.807) is 37.5 Å². The van der Waals surface area contributed by atoms with E-state index in [-0.39, 0.29) is 4.90 Å². The number of nitrogens with zero attached hydrogens (tertiary/aromatic N) is 2. The number of nitrogens with one attached hydrogen (secondary N) is 1. The summed E-state index contributed by atoms with van der Waals surface area (Å²) in [5.41, 5.74) is 1.78. The van der Waals surface area contributed by atoms with Crippen molar-refractivity contribution >= 4 is 38.6 Å². The number of halogens is 1. The first-order chi connectivity index (χ1) is 12.4. The van der Waals surface area contributed by atoms with E-state index in [9.17, 15) is 8.42 Å². The highest BCUT2D eigenvalue weighted by molar-refractivity contribution is 7.89. The summed E-state index contributed by atoms with van der Waals surface area (Å²) in [4.78, 5) is 5.26. The number of hydrogen-bond donors (Lipinski definition) is 1. The first-order valence-corrected chi connectivity index (χ1v) is 10.5. The standard InChI is InChI=1S/C18H18ClN3O2S2/c1-22(13-14-5-3-2-4-6-14)26(23,24)17-9-7-15(8-10-17)20-11-16-12-21-18(19)25-16/h2-10,12,20H,11,13H2,1H3. The van der Waals surface area contributed by atoms with Gasteiger partial charge in [-0.3, -0.25) is 0 Å². The molecule has 0 fully saturated rings. The molecule has 3 rings (SSSR count). The quantitative estimate of drug-likeness (QED) is 0.636. The SMILES string of the molecule is CN(Cc1ccccc1)S(=O)(=O)c1ccc(NCc2cnc(Cl)s2)cc1. The number of hydrogen-bond acceptors (Lipinski definition) is 5. The summed E-state index contributed by atoms with van der Waals surface area (Å²) in [6.45, 7) is 0.916. The molecule has 2 aromatic carbocycles. The van der Waals surface area contributed by atoms with Crippen molar-refractivity contribution in [2.45, 2.75) is 18.0 Å². The third-order valence-electron chi connectivity index (χ3n) is 3.80. The lowest BCUT2D eigenvalue weighted by atomic mass is 10.2. The van der Waals surface area contributed by atoms with Gasteiger partial charge in [0.05, 0.1) is 11.4 Å². The van der Waals surface area contributed by atoms with E-state index in [1.165, 1.54) is 15.6 Å². The van der Waals surface area contributed by atoms with Crippen molar-refractivity contribution < 1.29 is 8.42 Å². The van der Waals surface area contributed by atoms with E-state index in [4.69, 9.17) is 11.6 Å². The second-order valence-corrected chi connectivity index (χ2v) is 9.45. The van der Waals surface area contributed by atoms with Crippen molar-refractivity contribution in [1.82, 2.24) is 9.29 Å². The van der Waals surface area contributed by atoms with Gasteiger partial charge in [0.25, 0.3) is 0 Å². The summed E-state index contributed by atoms with van der Waals surface area (Å²) >= 11 is 7.22. The van der Waals surface area contributed by atoms with E-state index >= 15 is 0 Å². The van der Waals surface area contributed by atoms with Gasteiger partial charge in [-0.15, -0.1) is 11.3 Å². The molecule has 0 aliphatic rings. The Labute approximate surface area is 162 Å². The van der Waals surface area contributed by atoms with E-state index in [0.717, 1.165) is 16.1 Å². The van der Waals surface area contributed by atoms with Crippen molar-refractivity contribution in [3.05, 3.63) is 75.7 Å². The number of benzene rings is 2. The summed E-state index contributed by atoms with van der Waals surface area (Å²) in [6, 6.07) is 16.2. The number of sulfonamides is 1. The fourth-order valence-electron chi connectivity index (χ4n) is 2.40. The van der Waals surface area contributed by atoms with Crippen LogP contribution in [-0.2, 0) is 23.1 Å². The molecule has 0 bridgehead atoms. The van der Waals surface area contributed by atoms with Gasteiger partial charge in [-0.05, 0) is 29.8 Å². The molecule has 0 atom stereocenters. The fourth-order valence-corrected chi connectivity index (χ4v) is 4.48. The maximum absolute atomic E-state index is 12.7. The lowest BCUT2D eigenvalue weighted by Crippen LogP contribution is -2.26. The minimum Gasteiger partial charge on any atom is -0.380 e. The molecule has 1 aromatic heterocycles. The molecule has 0 saturated carbocycles. The van der Waals surface area contributed by atoms with Crippen LogP contribution < -0.4 is 5.32 Å². The van der Waals surface area contributed by atoms with Crippen molar-refractivity contribution in [1.29, 1.82) is 0 Å². The molecule has 0 saturated heterocycles. The summed E-state index contributed by atoms with van der Waals surface area (Å²) in [6.07, 6.45) is 1.72. The zero-order valence-electron chi connectivity index (χ0n) is 14.1. The van der Waals surface area contributed by atoms with Crippen LogP contribution in [-0.4, -0.2) is 24.8 Å². The van der Waals surface area contributed by atoms with E-state index in [2.05, 4.69) is 10.3 Å². The van der Waals surface area contributed by atoms with Gasteiger partial charge in [0.1, 0.15) is 0 Å². The van der Waals surface area contributed by atoms with Crippen LogP contribution in [0.15, 0.2) is 65.7 Å². The molecular weight excluding hydrogens is 390 g/mol. The maximum Gasteiger partial charge on any atom is 0.243 e. The Morgan fingerprint density at radius 2 is 1.81 bits per heavy atom. The topological polar surface area (TPSA) is 62.3 Å². The van der Waals surface area contributed by atoms with Gasteiger partial charge in [-0.1, -0.05) is 41.9 Å². The molecule has 0 aliphatic carbocycles. The number of anilines is 1. The minimum absolute atomic E-state index is 0.266. The lowest BCUT2D eigenvalue weighted by Gasteiger charge is -2.17. The zero-order chi connectivity index (χ0) is 18.6. The van der Waals surface area contributed by atoms with Crippen LogP contribution in [0.3, 0.4) is 0 Å². The molecular formula is C18H18ClN3O2S2. The smallest absolute Gasteiger partial charge is 0.243 e.